The minimum atomic E-state index is -0.204. The predicted molar refractivity (Wildman–Crippen MR) is 66.2 cm³/mol. The van der Waals surface area contributed by atoms with Crippen LogP contribution in [0, 0.1) is 5.82 Å². The van der Waals surface area contributed by atoms with E-state index in [2.05, 4.69) is 12.2 Å². The molecule has 0 saturated carbocycles. The fraction of sp³-hybridized carbons (Fsp3) is 0.500. The number of benzene rings is 1. The lowest BCUT2D eigenvalue weighted by atomic mass is 10.2. The molecule has 0 aliphatic rings. The molecule has 1 rings (SSSR count). The first-order valence-electron chi connectivity index (χ1n) is 5.38. The van der Waals surface area contributed by atoms with Crippen molar-refractivity contribution < 1.29 is 9.50 Å². The zero-order valence-electron chi connectivity index (χ0n) is 9.66. The quantitative estimate of drug-likeness (QED) is 0.753. The highest BCUT2D eigenvalue weighted by molar-refractivity contribution is 8.00. The summed E-state index contributed by atoms with van der Waals surface area (Å²) in [4.78, 5) is 1.08. The minimum Gasteiger partial charge on any atom is -0.396 e. The van der Waals surface area contributed by atoms with Gasteiger partial charge in [-0.25, -0.2) is 4.39 Å². The molecular weight excluding hydrogens is 225 g/mol. The van der Waals surface area contributed by atoms with E-state index >= 15 is 0 Å². The SMILES string of the molecule is CNCc1cc(F)ccc1SC(C)CCO. The van der Waals surface area contributed by atoms with Crippen LogP contribution >= 0.6 is 11.8 Å². The summed E-state index contributed by atoms with van der Waals surface area (Å²) < 4.78 is 13.1. The van der Waals surface area contributed by atoms with Crippen molar-refractivity contribution in [1.29, 1.82) is 0 Å². The summed E-state index contributed by atoms with van der Waals surface area (Å²) in [5.74, 6) is -0.204. The van der Waals surface area contributed by atoms with Crippen molar-refractivity contribution in [3.8, 4) is 0 Å². The van der Waals surface area contributed by atoms with Gasteiger partial charge in [-0.05, 0) is 37.2 Å². The Bertz CT molecular complexity index is 333. The van der Waals surface area contributed by atoms with E-state index in [1.165, 1.54) is 6.07 Å². The summed E-state index contributed by atoms with van der Waals surface area (Å²) in [6.07, 6.45) is 0.751. The smallest absolute Gasteiger partial charge is 0.123 e. The van der Waals surface area contributed by atoms with Gasteiger partial charge in [-0.1, -0.05) is 6.92 Å². The van der Waals surface area contributed by atoms with Gasteiger partial charge in [-0.3, -0.25) is 0 Å². The number of hydrogen-bond acceptors (Lipinski definition) is 3. The van der Waals surface area contributed by atoms with Crippen molar-refractivity contribution in [2.45, 2.75) is 30.0 Å². The van der Waals surface area contributed by atoms with E-state index in [0.717, 1.165) is 16.9 Å². The van der Waals surface area contributed by atoms with Gasteiger partial charge in [-0.15, -0.1) is 11.8 Å². The Labute approximate surface area is 100 Å². The van der Waals surface area contributed by atoms with Crippen molar-refractivity contribution in [3.63, 3.8) is 0 Å². The van der Waals surface area contributed by atoms with E-state index in [1.807, 2.05) is 7.05 Å². The number of aliphatic hydroxyl groups excluding tert-OH is 1. The number of aliphatic hydroxyl groups is 1. The average Bonchev–Trinajstić information content (AvgIpc) is 2.23. The first-order valence-corrected chi connectivity index (χ1v) is 6.26. The van der Waals surface area contributed by atoms with Crippen molar-refractivity contribution in [2.75, 3.05) is 13.7 Å². The molecule has 0 spiro atoms. The molecule has 16 heavy (non-hydrogen) atoms. The van der Waals surface area contributed by atoms with E-state index in [9.17, 15) is 4.39 Å². The second-order valence-corrected chi connectivity index (χ2v) is 5.20. The zero-order valence-corrected chi connectivity index (χ0v) is 10.5. The Morgan fingerprint density at radius 1 is 1.50 bits per heavy atom. The van der Waals surface area contributed by atoms with Gasteiger partial charge in [0.15, 0.2) is 0 Å². The van der Waals surface area contributed by atoms with E-state index in [0.29, 0.717) is 11.8 Å². The fourth-order valence-electron chi connectivity index (χ4n) is 1.45. The first kappa shape index (κ1) is 13.5. The van der Waals surface area contributed by atoms with E-state index in [-0.39, 0.29) is 12.4 Å². The molecule has 0 aliphatic carbocycles. The highest BCUT2D eigenvalue weighted by Crippen LogP contribution is 2.28. The van der Waals surface area contributed by atoms with Crippen LogP contribution in [0.1, 0.15) is 18.9 Å². The van der Waals surface area contributed by atoms with Crippen LogP contribution in [0.3, 0.4) is 0 Å². The lowest BCUT2D eigenvalue weighted by Gasteiger charge is -2.13. The Balaban J connectivity index is 2.77. The highest BCUT2D eigenvalue weighted by Gasteiger charge is 2.08. The van der Waals surface area contributed by atoms with Gasteiger partial charge >= 0.3 is 0 Å². The largest absolute Gasteiger partial charge is 0.396 e. The minimum absolute atomic E-state index is 0.191. The topological polar surface area (TPSA) is 32.3 Å². The van der Waals surface area contributed by atoms with Gasteiger partial charge in [-0.2, -0.15) is 0 Å². The van der Waals surface area contributed by atoms with Crippen molar-refractivity contribution >= 4 is 11.8 Å². The van der Waals surface area contributed by atoms with Crippen molar-refractivity contribution in [1.82, 2.24) is 5.32 Å². The first-order chi connectivity index (χ1) is 7.67. The van der Waals surface area contributed by atoms with Gasteiger partial charge in [0.1, 0.15) is 5.82 Å². The molecular formula is C12H18FNOS. The third kappa shape index (κ3) is 4.12. The number of hydrogen-bond donors (Lipinski definition) is 2. The molecule has 0 amide bonds. The van der Waals surface area contributed by atoms with Gasteiger partial charge in [0.2, 0.25) is 0 Å². The van der Waals surface area contributed by atoms with Crippen LogP contribution in [0.15, 0.2) is 23.1 Å². The van der Waals surface area contributed by atoms with E-state index in [1.54, 1.807) is 23.9 Å². The molecule has 0 saturated heterocycles. The monoisotopic (exact) mass is 243 g/mol. The molecule has 1 unspecified atom stereocenters. The normalized spacial score (nSPS) is 12.8. The second-order valence-electron chi connectivity index (χ2n) is 3.72. The second kappa shape index (κ2) is 6.89. The molecule has 1 atom stereocenters. The highest BCUT2D eigenvalue weighted by atomic mass is 32.2. The Hall–Kier alpha value is -0.580. The van der Waals surface area contributed by atoms with Crippen LogP contribution in [-0.2, 0) is 6.54 Å². The van der Waals surface area contributed by atoms with Crippen LogP contribution in [-0.4, -0.2) is 24.0 Å². The number of thioether (sulfide) groups is 1. The van der Waals surface area contributed by atoms with Crippen LogP contribution in [0.25, 0.3) is 0 Å². The van der Waals surface area contributed by atoms with Crippen LogP contribution in [0.5, 0.6) is 0 Å². The van der Waals surface area contributed by atoms with Crippen molar-refractivity contribution in [2.24, 2.45) is 0 Å². The molecule has 0 heterocycles. The van der Waals surface area contributed by atoms with Crippen LogP contribution < -0.4 is 5.32 Å². The molecule has 4 heteroatoms. The standard InChI is InChI=1S/C12H18FNOS/c1-9(5-6-15)16-12-4-3-11(13)7-10(12)8-14-2/h3-4,7,9,14-15H,5-6,8H2,1-2H3. The average molecular weight is 243 g/mol. The molecule has 0 radical (unpaired) electrons. The lowest BCUT2D eigenvalue weighted by Crippen LogP contribution is -2.08. The summed E-state index contributed by atoms with van der Waals surface area (Å²) in [7, 11) is 1.84. The predicted octanol–water partition coefficient (Wildman–Crippen LogP) is 2.41. The van der Waals surface area contributed by atoms with Gasteiger partial charge in [0.05, 0.1) is 0 Å². The Morgan fingerprint density at radius 3 is 2.88 bits per heavy atom. The van der Waals surface area contributed by atoms with Gasteiger partial charge in [0, 0.05) is 23.3 Å². The van der Waals surface area contributed by atoms with Crippen molar-refractivity contribution in [3.05, 3.63) is 29.6 Å². The number of halogens is 1. The number of rotatable bonds is 6. The van der Waals surface area contributed by atoms with Gasteiger partial charge in [0.25, 0.3) is 0 Å². The van der Waals surface area contributed by atoms with Crippen LogP contribution in [0.2, 0.25) is 0 Å². The molecule has 1 aromatic rings. The summed E-state index contributed by atoms with van der Waals surface area (Å²) in [5.41, 5.74) is 0.970. The number of nitrogens with one attached hydrogen (secondary N) is 1. The fourth-order valence-corrected chi connectivity index (χ4v) is 2.53. The molecule has 0 bridgehead atoms. The maximum absolute atomic E-state index is 13.1. The lowest BCUT2D eigenvalue weighted by molar-refractivity contribution is 0.289. The summed E-state index contributed by atoms with van der Waals surface area (Å²) in [6, 6.07) is 4.85. The van der Waals surface area contributed by atoms with Crippen LogP contribution in [0.4, 0.5) is 4.39 Å². The molecule has 90 valence electrons. The molecule has 0 fully saturated rings. The molecule has 1 aromatic carbocycles. The molecule has 2 nitrogen and oxygen atoms in total. The third-order valence-corrected chi connectivity index (χ3v) is 3.54. The molecule has 0 aromatic heterocycles. The summed E-state index contributed by atoms with van der Waals surface area (Å²) >= 11 is 1.68. The third-order valence-electron chi connectivity index (χ3n) is 2.25. The molecule has 0 aliphatic heterocycles. The Kier molecular flexibility index (Phi) is 5.80. The maximum Gasteiger partial charge on any atom is 0.123 e. The molecule has 2 N–H and O–H groups in total. The Morgan fingerprint density at radius 2 is 2.25 bits per heavy atom. The van der Waals surface area contributed by atoms with Gasteiger partial charge < -0.3 is 10.4 Å². The maximum atomic E-state index is 13.1. The zero-order chi connectivity index (χ0) is 12.0. The summed E-state index contributed by atoms with van der Waals surface area (Å²) in [6.45, 7) is 2.91. The van der Waals surface area contributed by atoms with E-state index in [4.69, 9.17) is 5.11 Å². The van der Waals surface area contributed by atoms with E-state index < -0.39 is 0 Å². The summed E-state index contributed by atoms with van der Waals surface area (Å²) in [5, 5.41) is 12.2.